The van der Waals surface area contributed by atoms with Crippen molar-refractivity contribution in [3.63, 3.8) is 0 Å². The van der Waals surface area contributed by atoms with E-state index in [1.165, 1.54) is 18.2 Å². The first-order chi connectivity index (χ1) is 13.5. The van der Waals surface area contributed by atoms with E-state index >= 15 is 0 Å². The Labute approximate surface area is 170 Å². The molecule has 1 aliphatic heterocycles. The Morgan fingerprint density at radius 3 is 2.57 bits per heavy atom. The Morgan fingerprint density at radius 1 is 1.18 bits per heavy atom. The molecule has 1 heterocycles. The van der Waals surface area contributed by atoms with E-state index in [1.807, 2.05) is 37.3 Å². The third-order valence-corrected chi connectivity index (χ3v) is 5.26. The third-order valence-electron chi connectivity index (χ3n) is 4.94. The quantitative estimate of drug-likeness (QED) is 0.765. The van der Waals surface area contributed by atoms with E-state index in [4.69, 9.17) is 16.3 Å². The van der Waals surface area contributed by atoms with Gasteiger partial charge in [0.1, 0.15) is 18.2 Å². The molecule has 0 aromatic heterocycles. The maximum atomic E-state index is 13.1. The maximum absolute atomic E-state index is 13.1. The molecule has 0 bridgehead atoms. The molecular formula is C21H25ClFN3O2. The Bertz CT molecular complexity index is 782. The number of nitrogens with zero attached hydrogens (tertiary/aromatic N) is 2. The first-order valence-corrected chi connectivity index (χ1v) is 9.81. The van der Waals surface area contributed by atoms with Crippen LogP contribution in [0.4, 0.5) is 10.1 Å². The summed E-state index contributed by atoms with van der Waals surface area (Å²) in [6, 6.07) is 13.4. The van der Waals surface area contributed by atoms with E-state index in [2.05, 4.69) is 15.1 Å². The molecule has 0 unspecified atom stereocenters. The normalized spacial score (nSPS) is 16.5. The van der Waals surface area contributed by atoms with Gasteiger partial charge in [-0.25, -0.2) is 4.39 Å². The molecule has 3 rings (SSSR count). The van der Waals surface area contributed by atoms with Crippen LogP contribution in [-0.4, -0.2) is 61.1 Å². The molecular weight excluding hydrogens is 381 g/mol. The second-order valence-electron chi connectivity index (χ2n) is 6.83. The van der Waals surface area contributed by atoms with Crippen molar-refractivity contribution in [2.24, 2.45) is 0 Å². The van der Waals surface area contributed by atoms with Crippen LogP contribution in [0.3, 0.4) is 0 Å². The lowest BCUT2D eigenvalue weighted by atomic mass is 10.2. The van der Waals surface area contributed by atoms with E-state index in [9.17, 15) is 9.18 Å². The molecule has 1 N–H and O–H groups in total. The fourth-order valence-electron chi connectivity index (χ4n) is 3.18. The summed E-state index contributed by atoms with van der Waals surface area (Å²) in [4.78, 5) is 17.0. The summed E-state index contributed by atoms with van der Waals surface area (Å²) in [5.74, 6) is 0.309. The zero-order valence-electron chi connectivity index (χ0n) is 15.9. The molecule has 2 aromatic rings. The highest BCUT2D eigenvalue weighted by Crippen LogP contribution is 2.23. The molecule has 1 atom stereocenters. The van der Waals surface area contributed by atoms with Crippen LogP contribution in [0.1, 0.15) is 6.92 Å². The second kappa shape index (κ2) is 9.87. The van der Waals surface area contributed by atoms with Crippen molar-refractivity contribution >= 4 is 23.2 Å². The number of piperazine rings is 1. The van der Waals surface area contributed by atoms with Gasteiger partial charge in [-0.2, -0.15) is 0 Å². The minimum atomic E-state index is -0.427. The number of rotatable bonds is 7. The van der Waals surface area contributed by atoms with Gasteiger partial charge >= 0.3 is 0 Å². The molecule has 7 heteroatoms. The first-order valence-electron chi connectivity index (χ1n) is 9.43. The summed E-state index contributed by atoms with van der Waals surface area (Å²) in [7, 11) is 0. The molecule has 28 heavy (non-hydrogen) atoms. The van der Waals surface area contributed by atoms with Crippen LogP contribution in [0.15, 0.2) is 48.5 Å². The number of benzene rings is 2. The molecule has 1 amide bonds. The van der Waals surface area contributed by atoms with Crippen LogP contribution in [0.2, 0.25) is 5.02 Å². The van der Waals surface area contributed by atoms with Crippen molar-refractivity contribution in [2.75, 3.05) is 44.6 Å². The minimum absolute atomic E-state index is 0.144. The van der Waals surface area contributed by atoms with Gasteiger partial charge in [-0.3, -0.25) is 14.6 Å². The summed E-state index contributed by atoms with van der Waals surface area (Å²) >= 11 is 5.99. The number of para-hydroxylation sites is 1. The van der Waals surface area contributed by atoms with Crippen LogP contribution < -0.4 is 10.1 Å². The molecule has 0 aliphatic carbocycles. The topological polar surface area (TPSA) is 44.8 Å². The average molecular weight is 406 g/mol. The molecule has 1 saturated heterocycles. The van der Waals surface area contributed by atoms with Crippen molar-refractivity contribution in [1.82, 2.24) is 9.80 Å². The van der Waals surface area contributed by atoms with Crippen LogP contribution in [0, 0.1) is 5.82 Å². The lowest BCUT2D eigenvalue weighted by Crippen LogP contribution is -2.53. The van der Waals surface area contributed by atoms with Gasteiger partial charge in [-0.1, -0.05) is 29.8 Å². The van der Waals surface area contributed by atoms with Gasteiger partial charge in [0.05, 0.1) is 16.8 Å². The fourth-order valence-corrected chi connectivity index (χ4v) is 3.39. The number of carbonyl (C=O) groups excluding carboxylic acids is 1. The smallest absolute Gasteiger partial charge is 0.241 e. The van der Waals surface area contributed by atoms with Crippen LogP contribution in [-0.2, 0) is 4.79 Å². The Hall–Kier alpha value is -2.15. The molecule has 0 spiro atoms. The van der Waals surface area contributed by atoms with Crippen LogP contribution >= 0.6 is 11.6 Å². The van der Waals surface area contributed by atoms with Gasteiger partial charge in [0.15, 0.2) is 0 Å². The fraction of sp³-hybridized carbons (Fsp3) is 0.381. The standard InChI is InChI=1S/C21H25ClFN3O2/c1-16(21(27)24-20-8-7-17(23)15-19(20)22)26-11-9-25(10-12-26)13-14-28-18-5-3-2-4-6-18/h2-8,15-16H,9-14H2,1H3,(H,24,27)/t16-/m1/s1. The van der Waals surface area contributed by atoms with Gasteiger partial charge < -0.3 is 10.1 Å². The summed E-state index contributed by atoms with van der Waals surface area (Å²) in [6.45, 7) is 6.74. The number of hydrogen-bond acceptors (Lipinski definition) is 4. The van der Waals surface area contributed by atoms with E-state index in [-0.39, 0.29) is 17.0 Å². The molecule has 0 radical (unpaired) electrons. The number of hydrogen-bond donors (Lipinski definition) is 1. The van der Waals surface area contributed by atoms with E-state index in [0.29, 0.717) is 12.3 Å². The van der Waals surface area contributed by atoms with E-state index < -0.39 is 5.82 Å². The Kier molecular flexibility index (Phi) is 7.25. The lowest BCUT2D eigenvalue weighted by molar-refractivity contribution is -0.121. The van der Waals surface area contributed by atoms with Crippen molar-refractivity contribution < 1.29 is 13.9 Å². The molecule has 1 aliphatic rings. The number of ether oxygens (including phenoxy) is 1. The highest BCUT2D eigenvalue weighted by atomic mass is 35.5. The van der Waals surface area contributed by atoms with Crippen LogP contribution in [0.25, 0.3) is 0 Å². The highest BCUT2D eigenvalue weighted by molar-refractivity contribution is 6.33. The van der Waals surface area contributed by atoms with Gasteiger partial charge in [0.25, 0.3) is 0 Å². The van der Waals surface area contributed by atoms with Gasteiger partial charge in [0, 0.05) is 32.7 Å². The number of amides is 1. The SMILES string of the molecule is C[C@H](C(=O)Nc1ccc(F)cc1Cl)N1CCN(CCOc2ccccc2)CC1. The van der Waals surface area contributed by atoms with Crippen molar-refractivity contribution in [3.05, 3.63) is 59.4 Å². The van der Waals surface area contributed by atoms with Gasteiger partial charge in [-0.05, 0) is 37.3 Å². The Morgan fingerprint density at radius 2 is 1.89 bits per heavy atom. The average Bonchev–Trinajstić information content (AvgIpc) is 2.71. The molecule has 5 nitrogen and oxygen atoms in total. The monoisotopic (exact) mass is 405 g/mol. The number of halogens is 2. The van der Waals surface area contributed by atoms with E-state index in [1.54, 1.807) is 0 Å². The van der Waals surface area contributed by atoms with Crippen molar-refractivity contribution in [1.29, 1.82) is 0 Å². The Balaban J connectivity index is 1.41. The first kappa shape index (κ1) is 20.6. The summed E-state index contributed by atoms with van der Waals surface area (Å²) in [6.07, 6.45) is 0. The third kappa shape index (κ3) is 5.67. The number of anilines is 1. The molecule has 2 aromatic carbocycles. The largest absolute Gasteiger partial charge is 0.492 e. The zero-order chi connectivity index (χ0) is 19.9. The minimum Gasteiger partial charge on any atom is -0.492 e. The number of nitrogens with one attached hydrogen (secondary N) is 1. The van der Waals surface area contributed by atoms with Crippen molar-refractivity contribution in [3.8, 4) is 5.75 Å². The molecule has 1 fully saturated rings. The predicted molar refractivity (Wildman–Crippen MR) is 109 cm³/mol. The molecule has 0 saturated carbocycles. The van der Waals surface area contributed by atoms with Crippen molar-refractivity contribution in [2.45, 2.75) is 13.0 Å². The second-order valence-corrected chi connectivity index (χ2v) is 7.24. The van der Waals surface area contributed by atoms with Gasteiger partial charge in [0.2, 0.25) is 5.91 Å². The zero-order valence-corrected chi connectivity index (χ0v) is 16.7. The van der Waals surface area contributed by atoms with E-state index in [0.717, 1.165) is 38.5 Å². The summed E-state index contributed by atoms with van der Waals surface area (Å²) in [5, 5.41) is 2.98. The summed E-state index contributed by atoms with van der Waals surface area (Å²) < 4.78 is 18.9. The highest BCUT2D eigenvalue weighted by Gasteiger charge is 2.25. The predicted octanol–water partition coefficient (Wildman–Crippen LogP) is 3.50. The molecule has 150 valence electrons. The van der Waals surface area contributed by atoms with Crippen LogP contribution in [0.5, 0.6) is 5.75 Å². The van der Waals surface area contributed by atoms with Gasteiger partial charge in [-0.15, -0.1) is 0 Å². The lowest BCUT2D eigenvalue weighted by Gasteiger charge is -2.37. The summed E-state index contributed by atoms with van der Waals surface area (Å²) in [5.41, 5.74) is 0.427. The maximum Gasteiger partial charge on any atom is 0.241 e. The number of carbonyl (C=O) groups is 1.